The van der Waals surface area contributed by atoms with Gasteiger partial charge in [0.2, 0.25) is 12.4 Å². The van der Waals surface area contributed by atoms with E-state index in [9.17, 15) is 10.0 Å². The van der Waals surface area contributed by atoms with Crippen molar-refractivity contribution in [3.05, 3.63) is 41.1 Å². The van der Waals surface area contributed by atoms with Crippen molar-refractivity contribution in [2.75, 3.05) is 5.32 Å². The molecule has 3 N–H and O–H groups in total. The van der Waals surface area contributed by atoms with E-state index in [-0.39, 0.29) is 17.0 Å². The van der Waals surface area contributed by atoms with Gasteiger partial charge in [0.15, 0.2) is 0 Å². The summed E-state index contributed by atoms with van der Waals surface area (Å²) in [4.78, 5) is 19.5. The number of aromatic amines is 1. The lowest BCUT2D eigenvalue weighted by molar-refractivity contribution is -0.903. The second-order valence-corrected chi connectivity index (χ2v) is 6.91. The highest BCUT2D eigenvalue weighted by molar-refractivity contribution is 6.08. The first-order valence-corrected chi connectivity index (χ1v) is 7.59. The summed E-state index contributed by atoms with van der Waals surface area (Å²) >= 11 is 0. The number of hydrogen-bond acceptors (Lipinski definition) is 4. The second-order valence-electron chi connectivity index (χ2n) is 6.91. The van der Waals surface area contributed by atoms with E-state index in [1.807, 2.05) is 0 Å². The summed E-state index contributed by atoms with van der Waals surface area (Å²) in [5.41, 5.74) is 0.431. The fraction of sp³-hybridized carbons (Fsp3) is 0.353. The lowest BCUT2D eigenvalue weighted by atomic mass is 9.88. The molecule has 0 aromatic carbocycles. The van der Waals surface area contributed by atoms with E-state index in [0.29, 0.717) is 22.1 Å². The average molecular weight is 313 g/mol. The zero-order valence-corrected chi connectivity index (χ0v) is 13.7. The highest BCUT2D eigenvalue weighted by Gasteiger charge is 2.22. The smallest absolute Gasteiger partial charge is 0.258 e. The molecule has 0 saturated heterocycles. The van der Waals surface area contributed by atoms with Crippen LogP contribution in [-0.4, -0.2) is 21.2 Å². The van der Waals surface area contributed by atoms with Gasteiger partial charge in [-0.15, -0.1) is 0 Å². The van der Waals surface area contributed by atoms with Crippen LogP contribution in [-0.2, 0) is 0 Å². The molecular weight excluding hydrogens is 292 g/mol. The van der Waals surface area contributed by atoms with E-state index in [1.54, 1.807) is 18.3 Å². The Morgan fingerprint density at radius 1 is 1.30 bits per heavy atom. The third kappa shape index (κ3) is 2.72. The van der Waals surface area contributed by atoms with E-state index < -0.39 is 0 Å². The maximum Gasteiger partial charge on any atom is 0.258 e. The largest absolute Gasteiger partial charge is 0.367 e. The van der Waals surface area contributed by atoms with Gasteiger partial charge < -0.3 is 10.3 Å². The van der Waals surface area contributed by atoms with Crippen LogP contribution in [0, 0.1) is 5.41 Å². The van der Waals surface area contributed by atoms with Gasteiger partial charge in [-0.05, 0) is 18.4 Å². The van der Waals surface area contributed by atoms with Crippen molar-refractivity contribution in [3.8, 4) is 0 Å². The van der Waals surface area contributed by atoms with Crippen LogP contribution in [0.15, 0.2) is 35.5 Å². The standard InChI is InChI=1S/C17H20N4O2/c1-10(17(2,3)4)19-15-11-6-8-21(23)9-12(11)14-13(20-15)5-7-18-16(14)22/h5-10H,1-4H3,(H2-,18,19,20,22,23)/p+1. The van der Waals surface area contributed by atoms with Gasteiger partial charge in [-0.1, -0.05) is 20.8 Å². The molecule has 6 nitrogen and oxygen atoms in total. The van der Waals surface area contributed by atoms with E-state index in [4.69, 9.17) is 0 Å². The van der Waals surface area contributed by atoms with Crippen molar-refractivity contribution >= 4 is 27.5 Å². The van der Waals surface area contributed by atoms with Gasteiger partial charge in [-0.3, -0.25) is 10.0 Å². The Labute approximate surface area is 133 Å². The average Bonchev–Trinajstić information content (AvgIpc) is 2.45. The zero-order valence-electron chi connectivity index (χ0n) is 13.7. The highest BCUT2D eigenvalue weighted by atomic mass is 16.5. The van der Waals surface area contributed by atoms with Crippen LogP contribution in [0.5, 0.6) is 0 Å². The molecule has 120 valence electrons. The summed E-state index contributed by atoms with van der Waals surface area (Å²) in [6, 6.07) is 3.70. The van der Waals surface area contributed by atoms with E-state index in [2.05, 4.69) is 43.0 Å². The predicted molar refractivity (Wildman–Crippen MR) is 89.8 cm³/mol. The minimum absolute atomic E-state index is 0.0583. The molecule has 0 radical (unpaired) electrons. The number of rotatable bonds is 2. The van der Waals surface area contributed by atoms with Crippen molar-refractivity contribution in [3.63, 3.8) is 0 Å². The minimum Gasteiger partial charge on any atom is -0.367 e. The summed E-state index contributed by atoms with van der Waals surface area (Å²) in [5.74, 6) is 0.709. The Hall–Kier alpha value is -2.63. The molecule has 1 unspecified atom stereocenters. The minimum atomic E-state index is -0.221. The van der Waals surface area contributed by atoms with Crippen LogP contribution < -0.4 is 15.6 Å². The number of nitrogens with one attached hydrogen (secondary N) is 2. The van der Waals surface area contributed by atoms with Crippen molar-refractivity contribution in [1.29, 1.82) is 0 Å². The summed E-state index contributed by atoms with van der Waals surface area (Å²) in [7, 11) is 0. The molecule has 0 saturated carbocycles. The molecule has 6 heteroatoms. The quantitative estimate of drug-likeness (QED) is 0.385. The molecule has 0 aliphatic heterocycles. The fourth-order valence-electron chi connectivity index (χ4n) is 2.43. The molecule has 0 aliphatic carbocycles. The number of nitrogens with zero attached hydrogens (tertiary/aromatic N) is 2. The zero-order chi connectivity index (χ0) is 16.8. The normalized spacial score (nSPS) is 13.4. The molecule has 3 aromatic heterocycles. The molecule has 1 atom stereocenters. The molecule has 3 rings (SSSR count). The SMILES string of the molecule is CC(Nc1nc2cc[nH]c(=O)c2c2c[n+](O)ccc12)C(C)(C)C. The summed E-state index contributed by atoms with van der Waals surface area (Å²) in [6.45, 7) is 8.56. The number of pyridine rings is 3. The molecule has 0 bridgehead atoms. The molecular formula is C17H21N4O2+. The maximum absolute atomic E-state index is 12.2. The van der Waals surface area contributed by atoms with Crippen molar-refractivity contribution in [2.45, 2.75) is 33.7 Å². The van der Waals surface area contributed by atoms with Crippen molar-refractivity contribution < 1.29 is 9.94 Å². The fourth-order valence-corrected chi connectivity index (χ4v) is 2.43. The number of fused-ring (bicyclic) bond motifs is 3. The Bertz CT molecular complexity index is 941. The summed E-state index contributed by atoms with van der Waals surface area (Å²) in [6.07, 6.45) is 4.64. The third-order valence-electron chi connectivity index (χ3n) is 4.29. The van der Waals surface area contributed by atoms with Gasteiger partial charge in [-0.25, -0.2) is 4.98 Å². The number of hydrogen-bond donors (Lipinski definition) is 3. The van der Waals surface area contributed by atoms with Gasteiger partial charge in [0.1, 0.15) is 5.82 Å². The Balaban J connectivity index is 2.31. The molecule has 0 aliphatic rings. The molecule has 0 amide bonds. The Kier molecular flexibility index (Phi) is 3.47. The molecule has 23 heavy (non-hydrogen) atoms. The number of anilines is 1. The predicted octanol–water partition coefficient (Wildman–Crippen LogP) is 2.45. The van der Waals surface area contributed by atoms with Crippen LogP contribution in [0.1, 0.15) is 27.7 Å². The third-order valence-corrected chi connectivity index (χ3v) is 4.29. The Morgan fingerprint density at radius 3 is 2.74 bits per heavy atom. The highest BCUT2D eigenvalue weighted by Crippen LogP contribution is 2.29. The van der Waals surface area contributed by atoms with Crippen LogP contribution in [0.25, 0.3) is 21.7 Å². The van der Waals surface area contributed by atoms with Gasteiger partial charge in [0.05, 0.1) is 16.3 Å². The summed E-state index contributed by atoms with van der Waals surface area (Å²) in [5, 5.41) is 15.1. The van der Waals surface area contributed by atoms with Gasteiger partial charge in [0.25, 0.3) is 5.56 Å². The first kappa shape index (κ1) is 15.3. The van der Waals surface area contributed by atoms with Gasteiger partial charge in [-0.2, -0.15) is 0 Å². The van der Waals surface area contributed by atoms with Crippen LogP contribution in [0.2, 0.25) is 0 Å². The van der Waals surface area contributed by atoms with Crippen LogP contribution in [0.3, 0.4) is 0 Å². The first-order chi connectivity index (χ1) is 10.8. The van der Waals surface area contributed by atoms with E-state index in [0.717, 1.165) is 10.1 Å². The molecule has 0 spiro atoms. The van der Waals surface area contributed by atoms with Gasteiger partial charge >= 0.3 is 0 Å². The first-order valence-electron chi connectivity index (χ1n) is 7.59. The van der Waals surface area contributed by atoms with Crippen LogP contribution in [0.4, 0.5) is 5.82 Å². The van der Waals surface area contributed by atoms with Gasteiger partial charge in [0, 0.05) is 28.4 Å². The topological polar surface area (TPSA) is 81.9 Å². The molecule has 0 fully saturated rings. The molecule has 3 heterocycles. The number of H-pyrrole nitrogens is 1. The maximum atomic E-state index is 12.2. The second kappa shape index (κ2) is 5.22. The monoisotopic (exact) mass is 313 g/mol. The summed E-state index contributed by atoms with van der Waals surface area (Å²) < 4.78 is 0.950. The Morgan fingerprint density at radius 2 is 2.04 bits per heavy atom. The van der Waals surface area contributed by atoms with E-state index >= 15 is 0 Å². The lowest BCUT2D eigenvalue weighted by Gasteiger charge is -2.29. The van der Waals surface area contributed by atoms with Crippen LogP contribution >= 0.6 is 0 Å². The molecule has 3 aromatic rings. The number of aromatic nitrogens is 3. The van der Waals surface area contributed by atoms with Crippen molar-refractivity contribution in [2.24, 2.45) is 5.41 Å². The lowest BCUT2D eigenvalue weighted by Crippen LogP contribution is -2.32. The van der Waals surface area contributed by atoms with E-state index in [1.165, 1.54) is 12.4 Å². The van der Waals surface area contributed by atoms with Crippen molar-refractivity contribution in [1.82, 2.24) is 9.97 Å².